The van der Waals surface area contributed by atoms with Gasteiger partial charge in [-0.15, -0.1) is 0 Å². The summed E-state index contributed by atoms with van der Waals surface area (Å²) in [7, 11) is 1.59. The van der Waals surface area contributed by atoms with Crippen LogP contribution in [0.15, 0.2) is 66.9 Å². The predicted octanol–water partition coefficient (Wildman–Crippen LogP) is 4.47. The molecule has 0 bridgehead atoms. The zero-order valence-corrected chi connectivity index (χ0v) is 18.2. The van der Waals surface area contributed by atoms with E-state index in [0.29, 0.717) is 11.4 Å². The zero-order valence-electron chi connectivity index (χ0n) is 18.2. The quantitative estimate of drug-likeness (QED) is 0.620. The van der Waals surface area contributed by atoms with E-state index in [9.17, 15) is 9.59 Å². The van der Waals surface area contributed by atoms with Gasteiger partial charge in [-0.05, 0) is 56.2 Å². The smallest absolute Gasteiger partial charge is 0.270 e. The Balaban J connectivity index is 1.75. The first-order valence-electron chi connectivity index (χ1n) is 10.1. The van der Waals surface area contributed by atoms with Crippen molar-refractivity contribution < 1.29 is 14.3 Å². The van der Waals surface area contributed by atoms with E-state index in [1.54, 1.807) is 19.2 Å². The van der Waals surface area contributed by atoms with E-state index in [2.05, 4.69) is 15.6 Å². The summed E-state index contributed by atoms with van der Waals surface area (Å²) in [5.41, 5.74) is 3.23. The molecule has 160 valence electrons. The summed E-state index contributed by atoms with van der Waals surface area (Å²) in [6.45, 7) is 5.69. The predicted molar refractivity (Wildman–Crippen MR) is 122 cm³/mol. The Bertz CT molecular complexity index is 1070. The molecule has 6 heteroatoms. The molecule has 0 aliphatic carbocycles. The van der Waals surface area contributed by atoms with E-state index in [1.165, 1.54) is 6.20 Å². The number of rotatable bonds is 6. The molecular weight excluding hydrogens is 390 g/mol. The molecule has 2 aromatic carbocycles. The van der Waals surface area contributed by atoms with Crippen molar-refractivity contribution in [2.24, 2.45) is 0 Å². The van der Waals surface area contributed by atoms with Crippen molar-refractivity contribution in [1.82, 2.24) is 10.3 Å². The van der Waals surface area contributed by atoms with Gasteiger partial charge in [0, 0.05) is 23.0 Å². The van der Waals surface area contributed by atoms with Crippen molar-refractivity contribution in [1.29, 1.82) is 0 Å². The molecule has 1 heterocycles. The highest BCUT2D eigenvalue weighted by atomic mass is 16.5. The molecule has 31 heavy (non-hydrogen) atoms. The van der Waals surface area contributed by atoms with Gasteiger partial charge in [0.15, 0.2) is 0 Å². The number of nitrogens with one attached hydrogen (secondary N) is 2. The lowest BCUT2D eigenvalue weighted by Crippen LogP contribution is -2.40. The van der Waals surface area contributed by atoms with Crippen LogP contribution in [0.2, 0.25) is 0 Å². The number of nitrogens with zero attached hydrogens (tertiary/aromatic N) is 1. The lowest BCUT2D eigenvalue weighted by molar-refractivity contribution is -0.115. The number of anilines is 1. The van der Waals surface area contributed by atoms with Gasteiger partial charge in [-0.3, -0.25) is 14.6 Å². The monoisotopic (exact) mass is 417 g/mol. The Labute approximate surface area is 182 Å². The van der Waals surface area contributed by atoms with E-state index < -0.39 is 0 Å². The Morgan fingerprint density at radius 1 is 0.968 bits per heavy atom. The number of aromatic nitrogens is 1. The second-order valence-electron chi connectivity index (χ2n) is 8.25. The van der Waals surface area contributed by atoms with Gasteiger partial charge in [0.25, 0.3) is 5.91 Å². The van der Waals surface area contributed by atoms with Crippen molar-refractivity contribution in [3.05, 3.63) is 78.1 Å². The lowest BCUT2D eigenvalue weighted by Gasteiger charge is -2.20. The first-order valence-corrected chi connectivity index (χ1v) is 10.1. The molecule has 0 aliphatic heterocycles. The highest BCUT2D eigenvalue weighted by Gasteiger charge is 2.17. The van der Waals surface area contributed by atoms with Crippen LogP contribution in [-0.2, 0) is 11.2 Å². The fourth-order valence-electron chi connectivity index (χ4n) is 3.14. The second kappa shape index (κ2) is 9.43. The van der Waals surface area contributed by atoms with Crippen LogP contribution >= 0.6 is 0 Å². The molecule has 0 saturated carbocycles. The third kappa shape index (κ3) is 6.15. The topological polar surface area (TPSA) is 80.3 Å². The molecule has 3 aromatic rings. The standard InChI is InChI=1S/C25H27N3O3/c1-25(2,3)28-24(30)21-16-20(12-13-26-21)27-23(29)15-19-14-18(10-11-22(19)31-4)17-8-6-5-7-9-17/h5-14,16H,15H2,1-4H3,(H,28,30)(H,26,27,29). The van der Waals surface area contributed by atoms with Gasteiger partial charge in [0.2, 0.25) is 5.91 Å². The number of amides is 2. The number of benzene rings is 2. The number of methoxy groups -OCH3 is 1. The average Bonchev–Trinajstić information content (AvgIpc) is 2.73. The van der Waals surface area contributed by atoms with Crippen molar-refractivity contribution in [3.63, 3.8) is 0 Å². The van der Waals surface area contributed by atoms with Gasteiger partial charge in [0.05, 0.1) is 13.5 Å². The van der Waals surface area contributed by atoms with E-state index in [-0.39, 0.29) is 29.5 Å². The van der Waals surface area contributed by atoms with Crippen LogP contribution in [0.4, 0.5) is 5.69 Å². The summed E-state index contributed by atoms with van der Waals surface area (Å²) >= 11 is 0. The van der Waals surface area contributed by atoms with Crippen molar-refractivity contribution in [2.45, 2.75) is 32.7 Å². The summed E-state index contributed by atoms with van der Waals surface area (Å²) in [6, 6.07) is 19.0. The van der Waals surface area contributed by atoms with Crippen LogP contribution in [0.3, 0.4) is 0 Å². The molecule has 2 N–H and O–H groups in total. The summed E-state index contributed by atoms with van der Waals surface area (Å²) in [5, 5.41) is 5.71. The largest absolute Gasteiger partial charge is 0.496 e. The number of pyridine rings is 1. The summed E-state index contributed by atoms with van der Waals surface area (Å²) in [4.78, 5) is 29.2. The molecule has 0 fully saturated rings. The van der Waals surface area contributed by atoms with Gasteiger partial charge < -0.3 is 15.4 Å². The zero-order chi connectivity index (χ0) is 22.4. The molecule has 0 aliphatic rings. The van der Waals surface area contributed by atoms with E-state index in [4.69, 9.17) is 4.74 Å². The number of ether oxygens (including phenoxy) is 1. The number of carbonyl (C=O) groups excluding carboxylic acids is 2. The van der Waals surface area contributed by atoms with Crippen LogP contribution in [0.5, 0.6) is 5.75 Å². The third-order valence-corrected chi connectivity index (χ3v) is 4.50. The maximum absolute atomic E-state index is 12.7. The second-order valence-corrected chi connectivity index (χ2v) is 8.25. The molecule has 0 spiro atoms. The van der Waals surface area contributed by atoms with Crippen LogP contribution < -0.4 is 15.4 Å². The highest BCUT2D eigenvalue weighted by Crippen LogP contribution is 2.27. The Hall–Kier alpha value is -3.67. The number of carbonyl (C=O) groups is 2. The normalized spacial score (nSPS) is 11.0. The molecule has 1 aromatic heterocycles. The maximum atomic E-state index is 12.7. The molecule has 6 nitrogen and oxygen atoms in total. The molecular formula is C25H27N3O3. The summed E-state index contributed by atoms with van der Waals surface area (Å²) in [5.74, 6) is 0.146. The minimum Gasteiger partial charge on any atom is -0.496 e. The first-order chi connectivity index (χ1) is 14.7. The van der Waals surface area contributed by atoms with Crippen molar-refractivity contribution in [2.75, 3.05) is 12.4 Å². The fraction of sp³-hybridized carbons (Fsp3) is 0.240. The van der Waals surface area contributed by atoms with Gasteiger partial charge >= 0.3 is 0 Å². The Kier molecular flexibility index (Phi) is 6.70. The minimum atomic E-state index is -0.377. The van der Waals surface area contributed by atoms with E-state index in [0.717, 1.165) is 16.7 Å². The summed E-state index contributed by atoms with van der Waals surface area (Å²) < 4.78 is 5.44. The molecule has 3 rings (SSSR count). The van der Waals surface area contributed by atoms with Gasteiger partial charge in [-0.25, -0.2) is 0 Å². The van der Waals surface area contributed by atoms with Crippen LogP contribution in [0, 0.1) is 0 Å². The van der Waals surface area contributed by atoms with Crippen LogP contribution in [-0.4, -0.2) is 29.4 Å². The van der Waals surface area contributed by atoms with Crippen molar-refractivity contribution in [3.8, 4) is 16.9 Å². The van der Waals surface area contributed by atoms with Crippen molar-refractivity contribution >= 4 is 17.5 Å². The lowest BCUT2D eigenvalue weighted by atomic mass is 10.0. The summed E-state index contributed by atoms with van der Waals surface area (Å²) in [6.07, 6.45) is 1.64. The molecule has 0 unspecified atom stereocenters. The van der Waals surface area contributed by atoms with Crippen LogP contribution in [0.25, 0.3) is 11.1 Å². The molecule has 0 saturated heterocycles. The highest BCUT2D eigenvalue weighted by molar-refractivity contribution is 5.96. The fourth-order valence-corrected chi connectivity index (χ4v) is 3.14. The number of hydrogen-bond donors (Lipinski definition) is 2. The van der Waals surface area contributed by atoms with E-state index >= 15 is 0 Å². The SMILES string of the molecule is COc1ccc(-c2ccccc2)cc1CC(=O)Nc1ccnc(C(=O)NC(C)(C)C)c1. The molecule has 0 radical (unpaired) electrons. The average molecular weight is 418 g/mol. The Morgan fingerprint density at radius 3 is 2.39 bits per heavy atom. The molecule has 2 amide bonds. The Morgan fingerprint density at radius 2 is 1.71 bits per heavy atom. The number of hydrogen-bond acceptors (Lipinski definition) is 4. The molecule has 0 atom stereocenters. The van der Waals surface area contributed by atoms with Crippen LogP contribution in [0.1, 0.15) is 36.8 Å². The third-order valence-electron chi connectivity index (χ3n) is 4.50. The van der Waals surface area contributed by atoms with Gasteiger partial charge in [-0.1, -0.05) is 36.4 Å². The first kappa shape index (κ1) is 22.0. The van der Waals surface area contributed by atoms with Gasteiger partial charge in [-0.2, -0.15) is 0 Å². The maximum Gasteiger partial charge on any atom is 0.270 e. The van der Waals surface area contributed by atoms with Gasteiger partial charge in [0.1, 0.15) is 11.4 Å². The minimum absolute atomic E-state index is 0.135. The van der Waals surface area contributed by atoms with E-state index in [1.807, 2.05) is 69.3 Å².